The predicted octanol–water partition coefficient (Wildman–Crippen LogP) is 2.89. The molecule has 4 nitrogen and oxygen atoms in total. The summed E-state index contributed by atoms with van der Waals surface area (Å²) in [7, 11) is 0. The summed E-state index contributed by atoms with van der Waals surface area (Å²) in [5, 5.41) is 3.28. The van der Waals surface area contributed by atoms with Crippen molar-refractivity contribution in [3.63, 3.8) is 0 Å². The first-order valence-electron chi connectivity index (χ1n) is 7.99. The quantitative estimate of drug-likeness (QED) is 0.903. The number of nitrogens with one attached hydrogen (secondary N) is 1. The number of nitrogens with zero attached hydrogens (tertiary/aromatic N) is 2. The molecule has 0 aliphatic carbocycles. The normalized spacial score (nSPS) is 17.0. The van der Waals surface area contributed by atoms with Gasteiger partial charge in [0.05, 0.1) is 6.04 Å². The van der Waals surface area contributed by atoms with Crippen LogP contribution in [-0.4, -0.2) is 35.4 Å². The largest absolute Gasteiger partial charge is 0.333 e. The molecule has 7 heteroatoms. The van der Waals surface area contributed by atoms with E-state index in [4.69, 9.17) is 0 Å². The predicted molar refractivity (Wildman–Crippen MR) is 93.5 cm³/mol. The summed E-state index contributed by atoms with van der Waals surface area (Å²) < 4.78 is 26.9. The lowest BCUT2D eigenvalue weighted by molar-refractivity contribution is -0.134. The van der Waals surface area contributed by atoms with Crippen LogP contribution in [0.5, 0.6) is 0 Å². The van der Waals surface area contributed by atoms with E-state index < -0.39 is 11.6 Å². The zero-order chi connectivity index (χ0) is 16.9. The Kier molecular flexibility index (Phi) is 6.84. The molecule has 2 aromatic rings. The second-order valence-electron chi connectivity index (χ2n) is 5.83. The number of hydrogen-bond acceptors (Lipinski definition) is 3. The summed E-state index contributed by atoms with van der Waals surface area (Å²) in [5.74, 6) is -1.03. The minimum absolute atomic E-state index is 0. The minimum Gasteiger partial charge on any atom is -0.333 e. The lowest BCUT2D eigenvalue weighted by Crippen LogP contribution is -2.48. The molecule has 1 unspecified atom stereocenters. The zero-order valence-corrected chi connectivity index (χ0v) is 14.4. The Bertz CT molecular complexity index is 715. The van der Waals surface area contributed by atoms with Crippen molar-refractivity contribution in [2.45, 2.75) is 18.9 Å². The van der Waals surface area contributed by atoms with Gasteiger partial charge in [-0.3, -0.25) is 9.78 Å². The van der Waals surface area contributed by atoms with Gasteiger partial charge in [0.2, 0.25) is 5.91 Å². The van der Waals surface area contributed by atoms with Crippen molar-refractivity contribution in [3.8, 4) is 0 Å². The Morgan fingerprint density at radius 2 is 2.16 bits per heavy atom. The van der Waals surface area contributed by atoms with Gasteiger partial charge in [0.25, 0.3) is 0 Å². The van der Waals surface area contributed by atoms with Crippen molar-refractivity contribution in [3.05, 3.63) is 65.5 Å². The zero-order valence-electron chi connectivity index (χ0n) is 13.6. The minimum atomic E-state index is -0.491. The third kappa shape index (κ3) is 4.74. The number of carbonyl (C=O) groups is 1. The third-order valence-corrected chi connectivity index (χ3v) is 4.25. The van der Waals surface area contributed by atoms with Gasteiger partial charge in [0, 0.05) is 38.4 Å². The van der Waals surface area contributed by atoms with E-state index in [1.54, 1.807) is 17.3 Å². The summed E-state index contributed by atoms with van der Waals surface area (Å²) >= 11 is 0. The van der Waals surface area contributed by atoms with Crippen LogP contribution in [0.2, 0.25) is 0 Å². The number of benzene rings is 1. The fourth-order valence-electron chi connectivity index (χ4n) is 2.99. The summed E-state index contributed by atoms with van der Waals surface area (Å²) in [6, 6.07) is 7.02. The van der Waals surface area contributed by atoms with Gasteiger partial charge in [0.15, 0.2) is 0 Å². The number of halogens is 3. The highest BCUT2D eigenvalue weighted by Gasteiger charge is 2.27. The average molecular weight is 368 g/mol. The van der Waals surface area contributed by atoms with E-state index in [9.17, 15) is 13.6 Å². The molecule has 25 heavy (non-hydrogen) atoms. The molecule has 3 rings (SSSR count). The second kappa shape index (κ2) is 8.87. The van der Waals surface area contributed by atoms with Gasteiger partial charge in [-0.2, -0.15) is 0 Å². The molecule has 1 amide bonds. The summed E-state index contributed by atoms with van der Waals surface area (Å²) in [5.41, 5.74) is 1.20. The van der Waals surface area contributed by atoms with Crippen LogP contribution in [-0.2, 0) is 11.2 Å². The Morgan fingerprint density at radius 1 is 1.32 bits per heavy atom. The Labute approximate surface area is 151 Å². The highest BCUT2D eigenvalue weighted by atomic mass is 35.5. The van der Waals surface area contributed by atoms with Gasteiger partial charge in [-0.15, -0.1) is 12.4 Å². The van der Waals surface area contributed by atoms with Gasteiger partial charge in [0.1, 0.15) is 11.6 Å². The lowest BCUT2D eigenvalue weighted by Gasteiger charge is -2.36. The van der Waals surface area contributed by atoms with Gasteiger partial charge in [-0.25, -0.2) is 8.78 Å². The highest BCUT2D eigenvalue weighted by molar-refractivity contribution is 5.85. The second-order valence-corrected chi connectivity index (χ2v) is 5.83. The van der Waals surface area contributed by atoms with Gasteiger partial charge in [-0.1, -0.05) is 6.07 Å². The molecule has 1 aromatic carbocycles. The van der Waals surface area contributed by atoms with Crippen LogP contribution in [0, 0.1) is 11.6 Å². The van der Waals surface area contributed by atoms with Crippen molar-refractivity contribution < 1.29 is 13.6 Å². The molecule has 1 atom stereocenters. The van der Waals surface area contributed by atoms with E-state index in [0.717, 1.165) is 30.3 Å². The number of hydrogen-bond donors (Lipinski definition) is 1. The molecule has 1 saturated heterocycles. The number of piperazine rings is 1. The summed E-state index contributed by atoms with van der Waals surface area (Å²) in [6.07, 6.45) is 3.78. The maximum absolute atomic E-state index is 13.7. The molecule has 1 aliphatic rings. The van der Waals surface area contributed by atoms with Crippen LogP contribution in [0.3, 0.4) is 0 Å². The Balaban J connectivity index is 0.00000225. The molecule has 0 radical (unpaired) electrons. The summed E-state index contributed by atoms with van der Waals surface area (Å²) in [4.78, 5) is 18.5. The first-order valence-corrected chi connectivity index (χ1v) is 7.99. The van der Waals surface area contributed by atoms with E-state index in [2.05, 4.69) is 10.3 Å². The van der Waals surface area contributed by atoms with E-state index >= 15 is 0 Å². The monoisotopic (exact) mass is 367 g/mol. The van der Waals surface area contributed by atoms with Crippen LogP contribution < -0.4 is 5.32 Å². The van der Waals surface area contributed by atoms with Gasteiger partial charge >= 0.3 is 0 Å². The van der Waals surface area contributed by atoms with E-state index in [-0.39, 0.29) is 42.8 Å². The molecule has 0 spiro atoms. The number of carbonyl (C=O) groups excluding carboxylic acids is 1. The van der Waals surface area contributed by atoms with E-state index in [1.807, 2.05) is 12.1 Å². The molecule has 1 fully saturated rings. The molecular formula is C18H20ClF2N3O. The fourth-order valence-corrected chi connectivity index (χ4v) is 2.99. The number of amides is 1. The SMILES string of the molecule is Cl.O=C(CCc1cc(F)ccc1F)N1CCNCC1c1cccnc1. The number of rotatable bonds is 4. The molecule has 1 aliphatic heterocycles. The van der Waals surface area contributed by atoms with E-state index in [1.165, 1.54) is 0 Å². The summed E-state index contributed by atoms with van der Waals surface area (Å²) in [6.45, 7) is 1.96. The van der Waals surface area contributed by atoms with Crippen LogP contribution in [0.4, 0.5) is 8.78 Å². The standard InChI is InChI=1S/C18H19F2N3O.ClH/c19-15-4-5-16(20)13(10-15)3-6-18(24)23-9-8-22-12-17(23)14-2-1-7-21-11-14;/h1-2,4-5,7,10-11,17,22H,3,6,8-9,12H2;1H. The number of aromatic nitrogens is 1. The third-order valence-electron chi connectivity index (χ3n) is 4.25. The van der Waals surface area contributed by atoms with Gasteiger partial charge in [-0.05, 0) is 41.8 Å². The first kappa shape index (κ1) is 19.3. The maximum Gasteiger partial charge on any atom is 0.223 e. The van der Waals surface area contributed by atoms with Crippen molar-refractivity contribution in [2.24, 2.45) is 0 Å². The molecule has 1 aromatic heterocycles. The number of aryl methyl sites for hydroxylation is 1. The Hall–Kier alpha value is -2.05. The van der Waals surface area contributed by atoms with Crippen LogP contribution in [0.1, 0.15) is 23.6 Å². The van der Waals surface area contributed by atoms with Crippen LogP contribution in [0.25, 0.3) is 0 Å². The van der Waals surface area contributed by atoms with Crippen LogP contribution in [0.15, 0.2) is 42.7 Å². The van der Waals surface area contributed by atoms with Crippen molar-refractivity contribution in [1.82, 2.24) is 15.2 Å². The van der Waals surface area contributed by atoms with Crippen molar-refractivity contribution >= 4 is 18.3 Å². The van der Waals surface area contributed by atoms with Crippen molar-refractivity contribution in [1.29, 1.82) is 0 Å². The highest BCUT2D eigenvalue weighted by Crippen LogP contribution is 2.23. The van der Waals surface area contributed by atoms with Crippen LogP contribution >= 0.6 is 12.4 Å². The fraction of sp³-hybridized carbons (Fsp3) is 0.333. The maximum atomic E-state index is 13.7. The molecule has 134 valence electrons. The number of pyridine rings is 1. The van der Waals surface area contributed by atoms with Crippen molar-refractivity contribution in [2.75, 3.05) is 19.6 Å². The lowest BCUT2D eigenvalue weighted by atomic mass is 10.0. The average Bonchev–Trinajstić information content (AvgIpc) is 2.63. The molecule has 0 bridgehead atoms. The van der Waals surface area contributed by atoms with E-state index in [0.29, 0.717) is 13.1 Å². The molecular weight excluding hydrogens is 348 g/mol. The van der Waals surface area contributed by atoms with Gasteiger partial charge < -0.3 is 10.2 Å². The topological polar surface area (TPSA) is 45.2 Å². The molecule has 0 saturated carbocycles. The molecule has 1 N–H and O–H groups in total. The first-order chi connectivity index (χ1) is 11.6. The molecule has 2 heterocycles. The smallest absolute Gasteiger partial charge is 0.223 e. The Morgan fingerprint density at radius 3 is 2.92 bits per heavy atom.